The number of nitrogens with zero attached hydrogens (tertiary/aromatic N) is 4. The summed E-state index contributed by atoms with van der Waals surface area (Å²) in [5, 5.41) is 11.4. The van der Waals surface area contributed by atoms with E-state index in [-0.39, 0.29) is 5.75 Å². The van der Waals surface area contributed by atoms with Crippen molar-refractivity contribution < 1.29 is 5.11 Å². The molecule has 2 aromatic heterocycles. The molecule has 3 heterocycles. The van der Waals surface area contributed by atoms with Gasteiger partial charge >= 0.3 is 0 Å². The molecule has 0 saturated heterocycles. The lowest BCUT2D eigenvalue weighted by Gasteiger charge is -2.20. The average molecular weight is 375 g/mol. The van der Waals surface area contributed by atoms with E-state index in [1.807, 2.05) is 30.3 Å². The van der Waals surface area contributed by atoms with Crippen LogP contribution in [0.4, 0.5) is 11.5 Å². The molecule has 2 aromatic carbocycles. The fourth-order valence-electron chi connectivity index (χ4n) is 3.60. The van der Waals surface area contributed by atoms with Gasteiger partial charge in [0.15, 0.2) is 0 Å². The van der Waals surface area contributed by atoms with Gasteiger partial charge in [-0.2, -0.15) is 0 Å². The number of pyridine rings is 1. The summed E-state index contributed by atoms with van der Waals surface area (Å²) in [5.41, 5.74) is 5.02. The Hall–Kier alpha value is -3.18. The van der Waals surface area contributed by atoms with Gasteiger partial charge in [-0.15, -0.1) is 0 Å². The van der Waals surface area contributed by atoms with Gasteiger partial charge in [-0.25, -0.2) is 9.97 Å². The highest BCUT2D eigenvalue weighted by Crippen LogP contribution is 2.38. The number of fused-ring (bicyclic) bond motifs is 2. The molecule has 0 spiro atoms. The first-order valence-corrected chi connectivity index (χ1v) is 9.02. The molecule has 0 bridgehead atoms. The van der Waals surface area contributed by atoms with Crippen LogP contribution in [0.25, 0.3) is 22.0 Å². The minimum Gasteiger partial charge on any atom is -0.506 e. The van der Waals surface area contributed by atoms with E-state index in [1.54, 1.807) is 18.6 Å². The van der Waals surface area contributed by atoms with Crippen LogP contribution in [0.1, 0.15) is 5.56 Å². The van der Waals surface area contributed by atoms with Crippen molar-refractivity contribution in [2.45, 2.75) is 6.42 Å². The fraction of sp³-hybridized carbons (Fsp3) is 0.0952. The van der Waals surface area contributed by atoms with Gasteiger partial charge in [0.25, 0.3) is 0 Å². The Morgan fingerprint density at radius 1 is 0.963 bits per heavy atom. The van der Waals surface area contributed by atoms with Crippen molar-refractivity contribution in [3.63, 3.8) is 0 Å². The van der Waals surface area contributed by atoms with Gasteiger partial charge in [0, 0.05) is 34.4 Å². The molecule has 0 aliphatic carbocycles. The number of halogens is 1. The highest BCUT2D eigenvalue weighted by atomic mass is 35.5. The molecule has 6 heteroatoms. The lowest BCUT2D eigenvalue weighted by molar-refractivity contribution is 0.473. The zero-order valence-corrected chi connectivity index (χ0v) is 15.1. The Balaban J connectivity index is 1.68. The van der Waals surface area contributed by atoms with Gasteiger partial charge in [0.1, 0.15) is 17.9 Å². The SMILES string of the molecule is Oc1cncc(-c2ccc3ncnc(N4CCc5ccc(Cl)cc54)c3c2)c1. The summed E-state index contributed by atoms with van der Waals surface area (Å²) in [7, 11) is 0. The van der Waals surface area contributed by atoms with E-state index in [2.05, 4.69) is 25.9 Å². The molecular weight excluding hydrogens is 360 g/mol. The maximum Gasteiger partial charge on any atom is 0.144 e. The van der Waals surface area contributed by atoms with Crippen molar-refractivity contribution in [1.82, 2.24) is 15.0 Å². The molecule has 0 atom stereocenters. The van der Waals surface area contributed by atoms with Gasteiger partial charge in [0.05, 0.1) is 11.7 Å². The second-order valence-electron chi connectivity index (χ2n) is 6.54. The first-order valence-electron chi connectivity index (χ1n) is 8.64. The number of anilines is 2. The van der Waals surface area contributed by atoms with Crippen LogP contribution in [-0.2, 0) is 6.42 Å². The monoisotopic (exact) mass is 374 g/mol. The second-order valence-corrected chi connectivity index (χ2v) is 6.97. The minimum atomic E-state index is 0.139. The van der Waals surface area contributed by atoms with Crippen molar-refractivity contribution in [3.05, 3.63) is 71.8 Å². The summed E-state index contributed by atoms with van der Waals surface area (Å²) in [6.07, 6.45) is 5.70. The van der Waals surface area contributed by atoms with Crippen LogP contribution in [0.2, 0.25) is 5.02 Å². The first-order chi connectivity index (χ1) is 13.2. The molecule has 0 radical (unpaired) electrons. The van der Waals surface area contributed by atoms with Gasteiger partial charge in [-0.1, -0.05) is 23.7 Å². The molecule has 0 saturated carbocycles. The maximum atomic E-state index is 9.74. The molecule has 0 unspecified atom stereocenters. The molecule has 1 aliphatic rings. The van der Waals surface area contributed by atoms with E-state index >= 15 is 0 Å². The Bertz CT molecular complexity index is 1180. The smallest absolute Gasteiger partial charge is 0.144 e. The lowest BCUT2D eigenvalue weighted by atomic mass is 10.0. The number of aromatic hydroxyl groups is 1. The maximum absolute atomic E-state index is 9.74. The van der Waals surface area contributed by atoms with E-state index in [1.165, 1.54) is 11.8 Å². The predicted molar refractivity (Wildman–Crippen MR) is 107 cm³/mol. The zero-order valence-electron chi connectivity index (χ0n) is 14.3. The van der Waals surface area contributed by atoms with Crippen molar-refractivity contribution in [2.24, 2.45) is 0 Å². The third-order valence-electron chi connectivity index (χ3n) is 4.87. The molecule has 132 valence electrons. The second kappa shape index (κ2) is 6.21. The van der Waals surface area contributed by atoms with E-state index in [4.69, 9.17) is 11.6 Å². The quantitative estimate of drug-likeness (QED) is 0.548. The van der Waals surface area contributed by atoms with Crippen molar-refractivity contribution in [3.8, 4) is 16.9 Å². The third-order valence-corrected chi connectivity index (χ3v) is 5.11. The lowest BCUT2D eigenvalue weighted by Crippen LogP contribution is -2.15. The van der Waals surface area contributed by atoms with E-state index in [9.17, 15) is 5.11 Å². The minimum absolute atomic E-state index is 0.139. The van der Waals surface area contributed by atoms with Crippen molar-refractivity contribution in [2.75, 3.05) is 11.4 Å². The predicted octanol–water partition coefficient (Wildman–Crippen LogP) is 4.75. The summed E-state index contributed by atoms with van der Waals surface area (Å²) in [6.45, 7) is 0.847. The van der Waals surface area contributed by atoms with Crippen LogP contribution < -0.4 is 4.90 Å². The third kappa shape index (κ3) is 2.76. The topological polar surface area (TPSA) is 62.1 Å². The number of hydrogen-bond acceptors (Lipinski definition) is 5. The van der Waals surface area contributed by atoms with E-state index in [0.29, 0.717) is 5.02 Å². The molecule has 1 N–H and O–H groups in total. The van der Waals surface area contributed by atoms with Crippen LogP contribution in [0.15, 0.2) is 61.2 Å². The Morgan fingerprint density at radius 2 is 1.89 bits per heavy atom. The van der Waals surface area contributed by atoms with Crippen LogP contribution in [0.3, 0.4) is 0 Å². The number of hydrogen-bond donors (Lipinski definition) is 1. The Labute approximate surface area is 160 Å². The molecule has 5 rings (SSSR count). The summed E-state index contributed by atoms with van der Waals surface area (Å²) < 4.78 is 0. The molecule has 0 fully saturated rings. The van der Waals surface area contributed by atoms with Gasteiger partial charge in [0.2, 0.25) is 0 Å². The molecule has 27 heavy (non-hydrogen) atoms. The Morgan fingerprint density at radius 3 is 2.78 bits per heavy atom. The van der Waals surface area contributed by atoms with Gasteiger partial charge in [-0.3, -0.25) is 4.98 Å². The highest BCUT2D eigenvalue weighted by molar-refractivity contribution is 6.31. The first kappa shape index (κ1) is 16.0. The number of rotatable bonds is 2. The Kier molecular flexibility index (Phi) is 3.69. The molecule has 1 aliphatic heterocycles. The van der Waals surface area contributed by atoms with Crippen molar-refractivity contribution >= 4 is 34.0 Å². The normalized spacial score (nSPS) is 13.1. The van der Waals surface area contributed by atoms with E-state index in [0.717, 1.165) is 46.5 Å². The summed E-state index contributed by atoms with van der Waals surface area (Å²) in [4.78, 5) is 15.3. The van der Waals surface area contributed by atoms with Crippen LogP contribution >= 0.6 is 11.6 Å². The van der Waals surface area contributed by atoms with Crippen LogP contribution in [0.5, 0.6) is 5.75 Å². The largest absolute Gasteiger partial charge is 0.506 e. The van der Waals surface area contributed by atoms with Gasteiger partial charge < -0.3 is 10.0 Å². The van der Waals surface area contributed by atoms with Crippen LogP contribution in [-0.4, -0.2) is 26.6 Å². The highest BCUT2D eigenvalue weighted by Gasteiger charge is 2.23. The average Bonchev–Trinajstić information content (AvgIpc) is 3.10. The molecule has 0 amide bonds. The standard InChI is InChI=1S/C21H15ClN4O/c22-16-3-1-13-5-6-26(20(13)9-16)21-18-8-14(2-4-19(18)24-12-25-21)15-7-17(27)11-23-10-15/h1-4,7-12,27H,5-6H2. The number of benzene rings is 2. The van der Waals surface area contributed by atoms with E-state index < -0.39 is 0 Å². The molecule has 4 aromatic rings. The van der Waals surface area contributed by atoms with Crippen LogP contribution in [0, 0.1) is 0 Å². The summed E-state index contributed by atoms with van der Waals surface area (Å²) >= 11 is 6.22. The number of aromatic nitrogens is 3. The fourth-order valence-corrected chi connectivity index (χ4v) is 3.76. The molecule has 5 nitrogen and oxygen atoms in total. The van der Waals surface area contributed by atoms with Gasteiger partial charge in [-0.05, 0) is 47.9 Å². The van der Waals surface area contributed by atoms with Crippen molar-refractivity contribution in [1.29, 1.82) is 0 Å². The zero-order chi connectivity index (χ0) is 18.4. The summed E-state index contributed by atoms with van der Waals surface area (Å²) in [6, 6.07) is 13.7. The summed E-state index contributed by atoms with van der Waals surface area (Å²) in [5.74, 6) is 0.997. The molecular formula is C21H15ClN4O.